The Labute approximate surface area is 97.7 Å². The van der Waals surface area contributed by atoms with Gasteiger partial charge in [-0.1, -0.05) is 12.1 Å². The molecule has 1 aromatic carbocycles. The number of likely N-dealkylation sites (tertiary alicyclic amines) is 1. The summed E-state index contributed by atoms with van der Waals surface area (Å²) >= 11 is 0. The summed E-state index contributed by atoms with van der Waals surface area (Å²) < 4.78 is 1.76. The molecular weight excluding hydrogens is 218 g/mol. The molecule has 0 unspecified atom stereocenters. The lowest BCUT2D eigenvalue weighted by molar-refractivity contribution is -0.117. The maximum Gasteiger partial charge on any atom is 0.326 e. The van der Waals surface area contributed by atoms with Crippen molar-refractivity contribution >= 4 is 17.4 Å². The predicted octanol–water partition coefficient (Wildman–Crippen LogP) is 0.733. The molecule has 5 heteroatoms. The number of fused-ring (bicyclic) bond motifs is 1. The van der Waals surface area contributed by atoms with Crippen molar-refractivity contribution in [1.29, 1.82) is 0 Å². The molecule has 5 nitrogen and oxygen atoms in total. The summed E-state index contributed by atoms with van der Waals surface area (Å²) in [6, 6.07) is 7.72. The van der Waals surface area contributed by atoms with Crippen LogP contribution in [0.15, 0.2) is 29.1 Å². The zero-order valence-corrected chi connectivity index (χ0v) is 9.30. The molecule has 1 aliphatic heterocycles. The van der Waals surface area contributed by atoms with E-state index in [1.165, 1.54) is 0 Å². The smallest absolute Gasteiger partial charge is 0.326 e. The maximum atomic E-state index is 11.9. The van der Waals surface area contributed by atoms with Gasteiger partial charge in [0.25, 0.3) is 0 Å². The molecule has 1 aliphatic rings. The standard InChI is InChI=1S/C12H13N3O2/c16-8-14-6-5-9(7-14)15-11-4-2-1-3-10(11)13-12(15)17/h1-4,8-9H,5-7H2,(H,13,17)/t9-/m0/s1. The summed E-state index contributed by atoms with van der Waals surface area (Å²) in [7, 11) is 0. The van der Waals surface area contributed by atoms with Crippen LogP contribution in [-0.2, 0) is 4.79 Å². The van der Waals surface area contributed by atoms with E-state index >= 15 is 0 Å². The minimum atomic E-state index is -0.0936. The average molecular weight is 231 g/mol. The Kier molecular flexibility index (Phi) is 2.24. The van der Waals surface area contributed by atoms with Crippen molar-refractivity contribution < 1.29 is 4.79 Å². The molecule has 1 fully saturated rings. The molecule has 1 saturated heterocycles. The Morgan fingerprint density at radius 3 is 2.94 bits per heavy atom. The average Bonchev–Trinajstić information content (AvgIpc) is 2.91. The lowest BCUT2D eigenvalue weighted by Gasteiger charge is -2.12. The van der Waals surface area contributed by atoms with E-state index in [9.17, 15) is 9.59 Å². The first kappa shape index (κ1) is 10.1. The second kappa shape index (κ2) is 3.76. The molecule has 0 bridgehead atoms. The predicted molar refractivity (Wildman–Crippen MR) is 63.8 cm³/mol. The number of amides is 1. The number of imidazole rings is 1. The van der Waals surface area contributed by atoms with Crippen LogP contribution in [0, 0.1) is 0 Å². The number of nitrogens with one attached hydrogen (secondary N) is 1. The molecule has 0 radical (unpaired) electrons. The summed E-state index contributed by atoms with van der Waals surface area (Å²) in [5.74, 6) is 0. The molecule has 2 aromatic rings. The van der Waals surface area contributed by atoms with Crippen molar-refractivity contribution in [3.05, 3.63) is 34.7 Å². The molecule has 17 heavy (non-hydrogen) atoms. The number of benzene rings is 1. The number of carbonyl (C=O) groups is 1. The normalized spacial score (nSPS) is 20.0. The molecule has 0 saturated carbocycles. The number of para-hydroxylation sites is 2. The van der Waals surface area contributed by atoms with Crippen molar-refractivity contribution in [2.24, 2.45) is 0 Å². The Morgan fingerprint density at radius 2 is 2.18 bits per heavy atom. The van der Waals surface area contributed by atoms with Crippen LogP contribution in [0.3, 0.4) is 0 Å². The van der Waals surface area contributed by atoms with Crippen LogP contribution in [0.2, 0.25) is 0 Å². The van der Waals surface area contributed by atoms with Crippen LogP contribution in [0.5, 0.6) is 0 Å². The Balaban J connectivity index is 2.08. The van der Waals surface area contributed by atoms with E-state index in [1.54, 1.807) is 9.47 Å². The van der Waals surface area contributed by atoms with Gasteiger partial charge >= 0.3 is 5.69 Å². The number of hydrogen-bond acceptors (Lipinski definition) is 2. The first-order valence-corrected chi connectivity index (χ1v) is 5.68. The molecule has 0 spiro atoms. The van der Waals surface area contributed by atoms with Crippen molar-refractivity contribution in [2.45, 2.75) is 12.5 Å². The number of hydrogen-bond donors (Lipinski definition) is 1. The molecule has 3 rings (SSSR count). The van der Waals surface area contributed by atoms with Crippen LogP contribution in [0.4, 0.5) is 0 Å². The number of nitrogens with zero attached hydrogens (tertiary/aromatic N) is 2. The van der Waals surface area contributed by atoms with Crippen LogP contribution in [0.1, 0.15) is 12.5 Å². The summed E-state index contributed by atoms with van der Waals surface area (Å²) in [6.45, 7) is 1.34. The van der Waals surface area contributed by atoms with Crippen LogP contribution in [0.25, 0.3) is 11.0 Å². The monoisotopic (exact) mass is 231 g/mol. The van der Waals surface area contributed by atoms with E-state index in [0.29, 0.717) is 6.54 Å². The van der Waals surface area contributed by atoms with Gasteiger partial charge in [0.05, 0.1) is 17.1 Å². The Bertz CT molecular complexity index is 613. The lowest BCUT2D eigenvalue weighted by atomic mass is 10.2. The zero-order valence-electron chi connectivity index (χ0n) is 9.30. The second-order valence-electron chi connectivity index (χ2n) is 4.36. The molecule has 2 heterocycles. The molecule has 1 N–H and O–H groups in total. The van der Waals surface area contributed by atoms with Gasteiger partial charge in [0.2, 0.25) is 6.41 Å². The van der Waals surface area contributed by atoms with Crippen LogP contribution >= 0.6 is 0 Å². The Hall–Kier alpha value is -2.04. The molecule has 1 aromatic heterocycles. The van der Waals surface area contributed by atoms with Gasteiger partial charge in [0.15, 0.2) is 0 Å². The first-order chi connectivity index (χ1) is 8.29. The van der Waals surface area contributed by atoms with E-state index in [1.807, 2.05) is 24.3 Å². The molecule has 88 valence electrons. The summed E-state index contributed by atoms with van der Waals surface area (Å²) in [6.07, 6.45) is 1.68. The lowest BCUT2D eigenvalue weighted by Crippen LogP contribution is -2.25. The van der Waals surface area contributed by atoms with Gasteiger partial charge < -0.3 is 9.88 Å². The highest BCUT2D eigenvalue weighted by molar-refractivity contribution is 5.75. The quantitative estimate of drug-likeness (QED) is 0.775. The number of H-pyrrole nitrogens is 1. The largest absolute Gasteiger partial charge is 0.343 e. The van der Waals surface area contributed by atoms with Gasteiger partial charge in [-0.2, -0.15) is 0 Å². The van der Waals surface area contributed by atoms with E-state index in [2.05, 4.69) is 4.98 Å². The van der Waals surface area contributed by atoms with Crippen molar-refractivity contribution in [2.75, 3.05) is 13.1 Å². The summed E-state index contributed by atoms with van der Waals surface area (Å²) in [5.41, 5.74) is 1.67. The van der Waals surface area contributed by atoms with Gasteiger partial charge in [-0.05, 0) is 18.6 Å². The van der Waals surface area contributed by atoms with E-state index < -0.39 is 0 Å². The fraction of sp³-hybridized carbons (Fsp3) is 0.333. The van der Waals surface area contributed by atoms with Gasteiger partial charge in [-0.15, -0.1) is 0 Å². The number of aromatic nitrogens is 2. The number of rotatable bonds is 2. The minimum Gasteiger partial charge on any atom is -0.343 e. The SMILES string of the molecule is O=CN1CC[C@H](n2c(=O)[nH]c3ccccc32)C1. The summed E-state index contributed by atoms with van der Waals surface area (Å²) in [5, 5.41) is 0. The zero-order chi connectivity index (χ0) is 11.8. The van der Waals surface area contributed by atoms with Gasteiger partial charge in [-0.25, -0.2) is 4.79 Å². The van der Waals surface area contributed by atoms with E-state index in [0.717, 1.165) is 30.4 Å². The highest BCUT2D eigenvalue weighted by atomic mass is 16.1. The van der Waals surface area contributed by atoms with Gasteiger partial charge in [-0.3, -0.25) is 9.36 Å². The van der Waals surface area contributed by atoms with Crippen molar-refractivity contribution in [3.63, 3.8) is 0 Å². The van der Waals surface area contributed by atoms with E-state index in [-0.39, 0.29) is 11.7 Å². The summed E-state index contributed by atoms with van der Waals surface area (Å²) in [4.78, 5) is 27.2. The molecule has 0 aliphatic carbocycles. The fourth-order valence-corrected chi connectivity index (χ4v) is 2.51. The Morgan fingerprint density at radius 1 is 1.35 bits per heavy atom. The first-order valence-electron chi connectivity index (χ1n) is 5.68. The number of aromatic amines is 1. The van der Waals surface area contributed by atoms with Crippen LogP contribution in [-0.4, -0.2) is 34.0 Å². The van der Waals surface area contributed by atoms with Crippen molar-refractivity contribution in [3.8, 4) is 0 Å². The number of carbonyl (C=O) groups excluding carboxylic acids is 1. The van der Waals surface area contributed by atoms with Crippen LogP contribution < -0.4 is 5.69 Å². The third-order valence-corrected chi connectivity index (χ3v) is 3.33. The highest BCUT2D eigenvalue weighted by Crippen LogP contribution is 2.22. The fourth-order valence-electron chi connectivity index (χ4n) is 2.51. The second-order valence-corrected chi connectivity index (χ2v) is 4.36. The third-order valence-electron chi connectivity index (χ3n) is 3.33. The molecule has 1 amide bonds. The molecule has 1 atom stereocenters. The highest BCUT2D eigenvalue weighted by Gasteiger charge is 2.25. The van der Waals surface area contributed by atoms with Crippen molar-refractivity contribution in [1.82, 2.24) is 14.5 Å². The minimum absolute atomic E-state index is 0.0869. The van der Waals surface area contributed by atoms with Gasteiger partial charge in [0.1, 0.15) is 0 Å². The van der Waals surface area contributed by atoms with Gasteiger partial charge in [0, 0.05) is 13.1 Å². The van der Waals surface area contributed by atoms with E-state index in [4.69, 9.17) is 0 Å². The maximum absolute atomic E-state index is 11.9. The topological polar surface area (TPSA) is 58.1 Å². The third kappa shape index (κ3) is 1.54. The molecular formula is C12H13N3O2.